The zero-order valence-electron chi connectivity index (χ0n) is 8.74. The van der Waals surface area contributed by atoms with E-state index in [1.807, 2.05) is 34.6 Å². The molecule has 0 fully saturated rings. The fourth-order valence-electron chi connectivity index (χ4n) is 1.04. The van der Waals surface area contributed by atoms with Crippen molar-refractivity contribution in [1.82, 2.24) is 0 Å². The summed E-state index contributed by atoms with van der Waals surface area (Å²) < 4.78 is 14.1. The van der Waals surface area contributed by atoms with Crippen LogP contribution in [-0.2, 0) is 0 Å². The van der Waals surface area contributed by atoms with Crippen molar-refractivity contribution >= 4 is 0 Å². The molecule has 0 aliphatic carbocycles. The molecule has 12 heavy (non-hydrogen) atoms. The van der Waals surface area contributed by atoms with E-state index in [4.69, 9.17) is 5.73 Å². The van der Waals surface area contributed by atoms with Gasteiger partial charge in [0.1, 0.15) is 5.67 Å². The average molecular weight is 173 g/mol. The Morgan fingerprint density at radius 1 is 1.33 bits per heavy atom. The molecule has 0 amide bonds. The maximum absolute atomic E-state index is 14.1. The van der Waals surface area contributed by atoms with Gasteiger partial charge in [-0.15, -0.1) is 0 Å². The molecule has 0 aromatic heterocycles. The van der Waals surface area contributed by atoms with Crippen LogP contribution in [0, 0.1) is 5.41 Å². The van der Waals surface area contributed by atoms with Gasteiger partial charge in [-0.05, 0) is 19.9 Å². The predicted octanol–water partition coefficient (Wildman–Crippen LogP) is 2.67. The summed E-state index contributed by atoms with van der Waals surface area (Å²) in [4.78, 5) is 0. The fraction of sp³-hybridized carbons (Fsp3) is 0.800. The molecule has 0 rings (SSSR count). The summed E-state index contributed by atoms with van der Waals surface area (Å²) in [6.45, 7) is 9.39. The minimum Gasteiger partial charge on any atom is -0.327 e. The maximum atomic E-state index is 14.1. The Bertz CT molecular complexity index is 175. The highest BCUT2D eigenvalue weighted by molar-refractivity contribution is 5.12. The van der Waals surface area contributed by atoms with Crippen LogP contribution in [0.4, 0.5) is 4.39 Å². The maximum Gasteiger partial charge on any atom is 0.146 e. The van der Waals surface area contributed by atoms with Crippen LogP contribution in [0.2, 0.25) is 0 Å². The van der Waals surface area contributed by atoms with Crippen LogP contribution in [-0.4, -0.2) is 12.2 Å². The largest absolute Gasteiger partial charge is 0.327 e. The van der Waals surface area contributed by atoms with Gasteiger partial charge in [-0.1, -0.05) is 26.3 Å². The Kier molecular flexibility index (Phi) is 3.45. The number of rotatable bonds is 2. The van der Waals surface area contributed by atoms with Gasteiger partial charge in [0.05, 0.1) is 0 Å². The van der Waals surface area contributed by atoms with E-state index in [9.17, 15) is 4.39 Å². The van der Waals surface area contributed by atoms with Crippen LogP contribution in [0.25, 0.3) is 0 Å². The topological polar surface area (TPSA) is 26.0 Å². The van der Waals surface area contributed by atoms with Crippen LogP contribution >= 0.6 is 0 Å². The average Bonchev–Trinajstić information content (AvgIpc) is 1.83. The van der Waals surface area contributed by atoms with Gasteiger partial charge in [-0.25, -0.2) is 4.39 Å². The third-order valence-electron chi connectivity index (χ3n) is 2.06. The van der Waals surface area contributed by atoms with E-state index in [0.717, 1.165) is 5.57 Å². The minimum absolute atomic E-state index is 0.0433. The lowest BCUT2D eigenvalue weighted by atomic mass is 9.77. The zero-order chi connectivity index (χ0) is 9.99. The molecule has 0 aromatic rings. The first-order valence-electron chi connectivity index (χ1n) is 4.28. The molecule has 1 nitrogen and oxygen atoms in total. The molecule has 0 heterocycles. The van der Waals surface area contributed by atoms with Crippen LogP contribution in [0.3, 0.4) is 0 Å². The third kappa shape index (κ3) is 2.59. The highest BCUT2D eigenvalue weighted by atomic mass is 19.1. The van der Waals surface area contributed by atoms with E-state index in [1.165, 1.54) is 0 Å². The highest BCUT2D eigenvalue weighted by Gasteiger charge is 2.38. The summed E-state index contributed by atoms with van der Waals surface area (Å²) in [5.41, 5.74) is 4.58. The monoisotopic (exact) mass is 173 g/mol. The second-order valence-electron chi connectivity index (χ2n) is 4.54. The minimum atomic E-state index is -1.38. The Hall–Kier alpha value is -0.370. The van der Waals surface area contributed by atoms with E-state index in [-0.39, 0.29) is 6.54 Å². The van der Waals surface area contributed by atoms with Gasteiger partial charge >= 0.3 is 0 Å². The smallest absolute Gasteiger partial charge is 0.146 e. The summed E-state index contributed by atoms with van der Waals surface area (Å²) in [6, 6.07) is 0. The van der Waals surface area contributed by atoms with Crippen molar-refractivity contribution in [3.63, 3.8) is 0 Å². The van der Waals surface area contributed by atoms with Gasteiger partial charge in [-0.3, -0.25) is 0 Å². The van der Waals surface area contributed by atoms with E-state index >= 15 is 0 Å². The molecule has 1 unspecified atom stereocenters. The van der Waals surface area contributed by atoms with Crippen LogP contribution < -0.4 is 5.73 Å². The number of hydrogen-bond acceptors (Lipinski definition) is 1. The molecular formula is C10H20FN. The molecule has 2 heteroatoms. The Balaban J connectivity index is 4.82. The van der Waals surface area contributed by atoms with Gasteiger partial charge < -0.3 is 5.73 Å². The van der Waals surface area contributed by atoms with Crippen molar-refractivity contribution in [2.24, 2.45) is 11.1 Å². The number of halogens is 1. The SMILES string of the molecule is CC(C)=CC(F)(CN)C(C)(C)C. The summed E-state index contributed by atoms with van der Waals surface area (Å²) >= 11 is 0. The fourth-order valence-corrected chi connectivity index (χ4v) is 1.04. The van der Waals surface area contributed by atoms with Gasteiger partial charge in [-0.2, -0.15) is 0 Å². The Labute approximate surface area is 74.8 Å². The second kappa shape index (κ2) is 3.56. The number of allylic oxidation sites excluding steroid dienone is 1. The van der Waals surface area contributed by atoms with Crippen molar-refractivity contribution in [2.75, 3.05) is 6.54 Å². The number of hydrogen-bond donors (Lipinski definition) is 1. The number of alkyl halides is 1. The normalized spacial score (nSPS) is 16.9. The van der Waals surface area contributed by atoms with Gasteiger partial charge in [0, 0.05) is 12.0 Å². The highest BCUT2D eigenvalue weighted by Crippen LogP contribution is 2.35. The van der Waals surface area contributed by atoms with Crippen LogP contribution in [0.15, 0.2) is 11.6 Å². The molecule has 0 spiro atoms. The first-order valence-corrected chi connectivity index (χ1v) is 4.28. The summed E-state index contributed by atoms with van der Waals surface area (Å²) in [5.74, 6) is 0. The summed E-state index contributed by atoms with van der Waals surface area (Å²) in [7, 11) is 0. The summed E-state index contributed by atoms with van der Waals surface area (Å²) in [5, 5.41) is 0. The van der Waals surface area contributed by atoms with E-state index in [1.54, 1.807) is 6.08 Å². The van der Waals surface area contributed by atoms with Crippen molar-refractivity contribution < 1.29 is 4.39 Å². The van der Waals surface area contributed by atoms with Crippen LogP contribution in [0.5, 0.6) is 0 Å². The molecule has 0 bridgehead atoms. The molecule has 0 saturated carbocycles. The molecular weight excluding hydrogens is 153 g/mol. The quantitative estimate of drug-likeness (QED) is 0.638. The van der Waals surface area contributed by atoms with Crippen LogP contribution in [0.1, 0.15) is 34.6 Å². The predicted molar refractivity (Wildman–Crippen MR) is 51.8 cm³/mol. The lowest BCUT2D eigenvalue weighted by Crippen LogP contribution is -2.43. The third-order valence-corrected chi connectivity index (χ3v) is 2.06. The lowest BCUT2D eigenvalue weighted by molar-refractivity contribution is 0.0872. The number of nitrogens with two attached hydrogens (primary N) is 1. The molecule has 1 atom stereocenters. The molecule has 0 aliphatic rings. The van der Waals surface area contributed by atoms with E-state index in [0.29, 0.717) is 0 Å². The van der Waals surface area contributed by atoms with E-state index < -0.39 is 11.1 Å². The summed E-state index contributed by atoms with van der Waals surface area (Å²) in [6.07, 6.45) is 1.62. The molecule has 72 valence electrons. The molecule has 0 aromatic carbocycles. The first kappa shape index (κ1) is 11.6. The Morgan fingerprint density at radius 2 is 1.75 bits per heavy atom. The van der Waals surface area contributed by atoms with Gasteiger partial charge in [0.15, 0.2) is 0 Å². The van der Waals surface area contributed by atoms with Crippen molar-refractivity contribution in [1.29, 1.82) is 0 Å². The zero-order valence-corrected chi connectivity index (χ0v) is 8.74. The Morgan fingerprint density at radius 3 is 1.83 bits per heavy atom. The first-order chi connectivity index (χ1) is 5.23. The van der Waals surface area contributed by atoms with E-state index in [2.05, 4.69) is 0 Å². The van der Waals surface area contributed by atoms with Crippen molar-refractivity contribution in [3.8, 4) is 0 Å². The van der Waals surface area contributed by atoms with Gasteiger partial charge in [0.25, 0.3) is 0 Å². The standard InChI is InChI=1S/C10H20FN/c1-8(2)6-10(11,7-12)9(3,4)5/h6H,7,12H2,1-5H3. The molecule has 0 radical (unpaired) electrons. The molecule has 2 N–H and O–H groups in total. The van der Waals surface area contributed by atoms with Crippen molar-refractivity contribution in [3.05, 3.63) is 11.6 Å². The van der Waals surface area contributed by atoms with Gasteiger partial charge in [0.2, 0.25) is 0 Å². The van der Waals surface area contributed by atoms with Crippen molar-refractivity contribution in [2.45, 2.75) is 40.3 Å². The molecule has 0 saturated heterocycles. The molecule has 0 aliphatic heterocycles. The lowest BCUT2D eigenvalue weighted by Gasteiger charge is -2.34. The second-order valence-corrected chi connectivity index (χ2v) is 4.54.